The molecule has 1 atom stereocenters. The van der Waals surface area contributed by atoms with Crippen molar-refractivity contribution in [2.45, 2.75) is 45.1 Å². The molecule has 1 rings (SSSR count). The lowest BCUT2D eigenvalue weighted by Gasteiger charge is -2.19. The Morgan fingerprint density at radius 3 is 2.50 bits per heavy atom. The van der Waals surface area contributed by atoms with Crippen LogP contribution in [0.5, 0.6) is 0 Å². The van der Waals surface area contributed by atoms with E-state index in [2.05, 4.69) is 18.8 Å². The van der Waals surface area contributed by atoms with Crippen molar-refractivity contribution < 1.29 is 0 Å². The summed E-state index contributed by atoms with van der Waals surface area (Å²) < 4.78 is 0. The number of nitrogens with two attached hydrogens (primary N) is 1. The second-order valence-corrected chi connectivity index (χ2v) is 6.78. The van der Waals surface area contributed by atoms with Crippen LogP contribution in [-0.4, -0.2) is 15.7 Å². The van der Waals surface area contributed by atoms with Crippen LogP contribution in [0.1, 0.15) is 39.5 Å². The lowest BCUT2D eigenvalue weighted by molar-refractivity contribution is 0.620. The fraction of sp³-hybridized carbons (Fsp3) is 1.00. The van der Waals surface area contributed by atoms with Gasteiger partial charge in [0.05, 0.1) is 0 Å². The topological polar surface area (TPSA) is 38.0 Å². The van der Waals surface area contributed by atoms with Gasteiger partial charge in [-0.1, -0.05) is 39.5 Å². The second-order valence-electron chi connectivity index (χ2n) is 4.37. The quantitative estimate of drug-likeness (QED) is 0.651. The fourth-order valence-electron chi connectivity index (χ4n) is 1.85. The molecule has 1 unspecified atom stereocenters. The summed E-state index contributed by atoms with van der Waals surface area (Å²) in [5.41, 5.74) is 0.878. The number of nitrogens with one attached hydrogen (secondary N) is 1. The summed E-state index contributed by atoms with van der Waals surface area (Å²) in [6, 6.07) is 0. The number of rotatable bonds is 4. The highest BCUT2D eigenvalue weighted by Crippen LogP contribution is 2.30. The van der Waals surface area contributed by atoms with Crippen molar-refractivity contribution >= 4 is 9.12 Å². The van der Waals surface area contributed by atoms with Crippen LogP contribution >= 0.6 is 0 Å². The van der Waals surface area contributed by atoms with Gasteiger partial charge in [0.2, 0.25) is 0 Å². The summed E-state index contributed by atoms with van der Waals surface area (Å²) in [7, 11) is -1.06. The molecular formula is C9H22N2Si. The standard InChI is InChI=1S/C9H22N2Si/c1-8(2)7-11-12(10)9-5-3-4-6-9/h8-9,11-12H,3-7,10H2,1-2H3. The van der Waals surface area contributed by atoms with Crippen LogP contribution < -0.4 is 10.4 Å². The molecule has 1 aliphatic carbocycles. The molecule has 0 aliphatic heterocycles. The molecule has 12 heavy (non-hydrogen) atoms. The Balaban J connectivity index is 2.13. The maximum absolute atomic E-state index is 6.16. The van der Waals surface area contributed by atoms with Crippen molar-refractivity contribution in [3.63, 3.8) is 0 Å². The minimum absolute atomic E-state index is 0.741. The summed E-state index contributed by atoms with van der Waals surface area (Å²) in [6.45, 7) is 5.59. The summed E-state index contributed by atoms with van der Waals surface area (Å²) >= 11 is 0. The van der Waals surface area contributed by atoms with E-state index in [9.17, 15) is 0 Å². The summed E-state index contributed by atoms with van der Waals surface area (Å²) in [6.07, 6.45) is 5.60. The molecule has 0 bridgehead atoms. The molecule has 1 saturated carbocycles. The summed E-state index contributed by atoms with van der Waals surface area (Å²) in [5, 5.41) is 6.16. The Morgan fingerprint density at radius 1 is 1.42 bits per heavy atom. The molecule has 3 heteroatoms. The normalized spacial score (nSPS) is 22.0. The van der Waals surface area contributed by atoms with E-state index in [4.69, 9.17) is 5.40 Å². The first kappa shape index (κ1) is 10.2. The molecule has 0 aromatic carbocycles. The van der Waals surface area contributed by atoms with Gasteiger partial charge < -0.3 is 10.4 Å². The predicted octanol–water partition coefficient (Wildman–Crippen LogP) is 1.36. The van der Waals surface area contributed by atoms with Gasteiger partial charge in [0.25, 0.3) is 0 Å². The molecule has 1 aliphatic rings. The molecule has 0 spiro atoms. The Kier molecular flexibility index (Phi) is 4.25. The van der Waals surface area contributed by atoms with Gasteiger partial charge in [-0.3, -0.25) is 0 Å². The van der Waals surface area contributed by atoms with E-state index < -0.39 is 9.12 Å². The van der Waals surface area contributed by atoms with E-state index in [-0.39, 0.29) is 0 Å². The van der Waals surface area contributed by atoms with Gasteiger partial charge in [-0.25, -0.2) is 0 Å². The maximum Gasteiger partial charge on any atom is 0.185 e. The van der Waals surface area contributed by atoms with Crippen LogP contribution in [0.2, 0.25) is 5.54 Å². The van der Waals surface area contributed by atoms with Crippen molar-refractivity contribution in [1.82, 2.24) is 4.98 Å². The first-order valence-corrected chi connectivity index (χ1v) is 7.10. The highest BCUT2D eigenvalue weighted by atomic mass is 28.3. The van der Waals surface area contributed by atoms with Crippen LogP contribution in [0.3, 0.4) is 0 Å². The SMILES string of the molecule is CC(C)CN[SiH](N)C1CCCC1. The van der Waals surface area contributed by atoms with E-state index in [1.807, 2.05) is 0 Å². The Bertz CT molecular complexity index is 122. The van der Waals surface area contributed by atoms with Crippen molar-refractivity contribution in [3.05, 3.63) is 0 Å². The lowest BCUT2D eigenvalue weighted by atomic mass is 10.2. The third-order valence-electron chi connectivity index (χ3n) is 2.67. The van der Waals surface area contributed by atoms with Crippen LogP contribution in [0.4, 0.5) is 0 Å². The van der Waals surface area contributed by atoms with Crippen molar-refractivity contribution in [2.75, 3.05) is 6.54 Å². The van der Waals surface area contributed by atoms with Crippen molar-refractivity contribution in [3.8, 4) is 0 Å². The summed E-state index contributed by atoms with van der Waals surface area (Å²) in [4.78, 5) is 3.54. The average molecular weight is 186 g/mol. The molecule has 2 nitrogen and oxygen atoms in total. The number of hydrogen-bond acceptors (Lipinski definition) is 2. The van der Waals surface area contributed by atoms with Gasteiger partial charge in [0.1, 0.15) is 0 Å². The highest BCUT2D eigenvalue weighted by molar-refractivity contribution is 6.54. The minimum Gasteiger partial charge on any atom is -0.341 e. The second kappa shape index (κ2) is 4.99. The molecule has 0 radical (unpaired) electrons. The fourth-order valence-corrected chi connectivity index (χ4v) is 4.12. The van der Waals surface area contributed by atoms with E-state index in [0.717, 1.165) is 18.0 Å². The van der Waals surface area contributed by atoms with E-state index >= 15 is 0 Å². The highest BCUT2D eigenvalue weighted by Gasteiger charge is 2.23. The van der Waals surface area contributed by atoms with Gasteiger partial charge in [0.15, 0.2) is 9.12 Å². The zero-order chi connectivity index (χ0) is 8.97. The van der Waals surface area contributed by atoms with E-state index in [1.54, 1.807) is 0 Å². The lowest BCUT2D eigenvalue weighted by Crippen LogP contribution is -2.47. The third kappa shape index (κ3) is 3.25. The van der Waals surface area contributed by atoms with E-state index in [1.165, 1.54) is 25.7 Å². The smallest absolute Gasteiger partial charge is 0.185 e. The maximum atomic E-state index is 6.16. The molecule has 1 fully saturated rings. The molecular weight excluding hydrogens is 164 g/mol. The predicted molar refractivity (Wildman–Crippen MR) is 56.4 cm³/mol. The number of hydrogen-bond donors (Lipinski definition) is 2. The van der Waals surface area contributed by atoms with Crippen molar-refractivity contribution in [2.24, 2.45) is 11.3 Å². The third-order valence-corrected chi connectivity index (χ3v) is 5.06. The van der Waals surface area contributed by atoms with Crippen molar-refractivity contribution in [1.29, 1.82) is 0 Å². The molecule has 72 valence electrons. The van der Waals surface area contributed by atoms with Gasteiger partial charge >= 0.3 is 0 Å². The monoisotopic (exact) mass is 186 g/mol. The summed E-state index contributed by atoms with van der Waals surface area (Å²) in [5.74, 6) is 0.741. The van der Waals surface area contributed by atoms with Crippen LogP contribution in [-0.2, 0) is 0 Å². The molecule has 0 heterocycles. The molecule has 0 aromatic rings. The van der Waals surface area contributed by atoms with Crippen LogP contribution in [0, 0.1) is 5.92 Å². The Hall–Kier alpha value is 0.137. The molecule has 3 N–H and O–H groups in total. The first-order chi connectivity index (χ1) is 5.70. The largest absolute Gasteiger partial charge is 0.341 e. The van der Waals surface area contributed by atoms with Gasteiger partial charge in [-0.15, -0.1) is 0 Å². The van der Waals surface area contributed by atoms with Gasteiger partial charge in [-0.2, -0.15) is 0 Å². The Labute approximate surface area is 77.7 Å². The zero-order valence-corrected chi connectivity index (χ0v) is 9.50. The first-order valence-electron chi connectivity index (χ1n) is 5.19. The van der Waals surface area contributed by atoms with Gasteiger partial charge in [-0.05, 0) is 18.0 Å². The molecule has 0 amide bonds. The zero-order valence-electron chi connectivity index (χ0n) is 8.34. The van der Waals surface area contributed by atoms with Crippen LogP contribution in [0.15, 0.2) is 0 Å². The van der Waals surface area contributed by atoms with Crippen LogP contribution in [0.25, 0.3) is 0 Å². The molecule has 0 saturated heterocycles. The van der Waals surface area contributed by atoms with E-state index in [0.29, 0.717) is 0 Å². The minimum atomic E-state index is -1.06. The van der Waals surface area contributed by atoms with Gasteiger partial charge in [0, 0.05) is 0 Å². The Morgan fingerprint density at radius 2 is 2.00 bits per heavy atom. The molecule has 0 aromatic heterocycles. The average Bonchev–Trinajstić information content (AvgIpc) is 2.51.